The predicted molar refractivity (Wildman–Crippen MR) is 73.2 cm³/mol. The molecule has 0 N–H and O–H groups in total. The molecule has 18 heavy (non-hydrogen) atoms. The Labute approximate surface area is 113 Å². The molecule has 0 spiro atoms. The van der Waals surface area contributed by atoms with E-state index in [0.717, 1.165) is 18.4 Å². The molecule has 2 nitrogen and oxygen atoms in total. The molecule has 1 aromatic rings. The third kappa shape index (κ3) is 3.14. The van der Waals surface area contributed by atoms with Crippen molar-refractivity contribution < 1.29 is 9.53 Å². The Morgan fingerprint density at radius 3 is 2.61 bits per heavy atom. The summed E-state index contributed by atoms with van der Waals surface area (Å²) in [6, 6.07) is 5.40. The van der Waals surface area contributed by atoms with Crippen LogP contribution >= 0.6 is 11.6 Å². The smallest absolute Gasteiger partial charge is 0.198 e. The first-order valence-corrected chi connectivity index (χ1v) is 6.45. The monoisotopic (exact) mass is 264 g/mol. The number of rotatable bonds is 4. The first-order valence-electron chi connectivity index (χ1n) is 6.07. The number of carbonyl (C=O) groups excluding carboxylic acids is 1. The molecule has 0 aliphatic heterocycles. The lowest BCUT2D eigenvalue weighted by Crippen LogP contribution is -2.37. The molecule has 1 aliphatic carbocycles. The number of hydrogen-bond acceptors (Lipinski definition) is 2. The molecule has 1 aliphatic rings. The number of allylic oxidation sites excluding steroid dienone is 1. The van der Waals surface area contributed by atoms with E-state index in [9.17, 15) is 4.79 Å². The van der Waals surface area contributed by atoms with Gasteiger partial charge in [0.2, 0.25) is 0 Å². The lowest BCUT2D eigenvalue weighted by Gasteiger charge is -2.24. The van der Waals surface area contributed by atoms with Crippen molar-refractivity contribution in [1.82, 2.24) is 0 Å². The topological polar surface area (TPSA) is 26.3 Å². The summed E-state index contributed by atoms with van der Waals surface area (Å²) in [5.41, 5.74) is 1.31. The summed E-state index contributed by atoms with van der Waals surface area (Å²) >= 11 is 5.90. The van der Waals surface area contributed by atoms with Crippen LogP contribution < -0.4 is 4.74 Å². The van der Waals surface area contributed by atoms with Crippen LogP contribution in [0.1, 0.15) is 32.3 Å². The molecule has 2 rings (SSSR count). The van der Waals surface area contributed by atoms with Gasteiger partial charge >= 0.3 is 0 Å². The van der Waals surface area contributed by atoms with E-state index in [0.29, 0.717) is 10.8 Å². The molecule has 3 heteroatoms. The minimum absolute atomic E-state index is 0.0179. The molecular formula is C15H17ClO2. The van der Waals surface area contributed by atoms with E-state index >= 15 is 0 Å². The SMILES string of the molecule is Cc1cc(Cl)ccc1OC(C)(C)C(=O)C=C1CC1. The van der Waals surface area contributed by atoms with Gasteiger partial charge in [-0.25, -0.2) is 0 Å². The minimum Gasteiger partial charge on any atom is -0.479 e. The van der Waals surface area contributed by atoms with Crippen molar-refractivity contribution in [2.45, 2.75) is 39.2 Å². The molecule has 1 fully saturated rings. The highest BCUT2D eigenvalue weighted by atomic mass is 35.5. The molecule has 0 aromatic heterocycles. The molecule has 96 valence electrons. The second-order valence-corrected chi connectivity index (χ2v) is 5.63. The highest BCUT2D eigenvalue weighted by Crippen LogP contribution is 2.30. The summed E-state index contributed by atoms with van der Waals surface area (Å²) in [7, 11) is 0. The van der Waals surface area contributed by atoms with Crippen LogP contribution in [0.2, 0.25) is 5.02 Å². The van der Waals surface area contributed by atoms with Crippen LogP contribution in [0, 0.1) is 6.92 Å². The molecule has 0 atom stereocenters. The van der Waals surface area contributed by atoms with Crippen LogP contribution in [0.15, 0.2) is 29.8 Å². The van der Waals surface area contributed by atoms with Gasteiger partial charge in [-0.15, -0.1) is 0 Å². The third-order valence-corrected chi connectivity index (χ3v) is 3.20. The summed E-state index contributed by atoms with van der Waals surface area (Å²) in [6.45, 7) is 5.51. The van der Waals surface area contributed by atoms with E-state index in [1.165, 1.54) is 5.57 Å². The molecule has 0 heterocycles. The van der Waals surface area contributed by atoms with Gasteiger partial charge in [-0.2, -0.15) is 0 Å². The fraction of sp³-hybridized carbons (Fsp3) is 0.400. The zero-order valence-corrected chi connectivity index (χ0v) is 11.7. The Hall–Kier alpha value is -1.28. The van der Waals surface area contributed by atoms with Gasteiger partial charge in [0.25, 0.3) is 0 Å². The highest BCUT2D eigenvalue weighted by molar-refractivity contribution is 6.30. The largest absolute Gasteiger partial charge is 0.479 e. The van der Waals surface area contributed by atoms with Gasteiger partial charge in [-0.3, -0.25) is 4.79 Å². The molecule has 1 aromatic carbocycles. The van der Waals surface area contributed by atoms with Gasteiger partial charge < -0.3 is 4.74 Å². The Balaban J connectivity index is 2.15. The first-order chi connectivity index (χ1) is 8.38. The minimum atomic E-state index is -0.839. The second-order valence-electron chi connectivity index (χ2n) is 5.19. The van der Waals surface area contributed by atoms with Gasteiger partial charge in [0, 0.05) is 5.02 Å². The Bertz CT molecular complexity index is 509. The second kappa shape index (κ2) is 4.77. The van der Waals surface area contributed by atoms with E-state index in [1.807, 2.05) is 13.0 Å². The molecule has 0 saturated heterocycles. The van der Waals surface area contributed by atoms with Crippen LogP contribution in [0.5, 0.6) is 5.75 Å². The number of ketones is 1. The quantitative estimate of drug-likeness (QED) is 0.766. The van der Waals surface area contributed by atoms with Gasteiger partial charge in [0.05, 0.1) is 0 Å². The zero-order valence-electron chi connectivity index (χ0n) is 10.9. The van der Waals surface area contributed by atoms with Crippen molar-refractivity contribution >= 4 is 17.4 Å². The number of hydrogen-bond donors (Lipinski definition) is 0. The van der Waals surface area contributed by atoms with Crippen molar-refractivity contribution in [1.29, 1.82) is 0 Å². The van der Waals surface area contributed by atoms with Gasteiger partial charge in [0.1, 0.15) is 5.75 Å². The first kappa shape index (κ1) is 13.2. The van der Waals surface area contributed by atoms with E-state index < -0.39 is 5.60 Å². The van der Waals surface area contributed by atoms with Crippen molar-refractivity contribution in [2.75, 3.05) is 0 Å². The summed E-state index contributed by atoms with van der Waals surface area (Å²) in [4.78, 5) is 12.1. The van der Waals surface area contributed by atoms with E-state index in [4.69, 9.17) is 16.3 Å². The maximum atomic E-state index is 12.1. The number of carbonyl (C=O) groups is 1. The molecule has 0 bridgehead atoms. The van der Waals surface area contributed by atoms with Crippen molar-refractivity contribution in [3.8, 4) is 5.75 Å². The van der Waals surface area contributed by atoms with Crippen LogP contribution in [-0.2, 0) is 4.79 Å². The van der Waals surface area contributed by atoms with Crippen LogP contribution in [-0.4, -0.2) is 11.4 Å². The van der Waals surface area contributed by atoms with Gasteiger partial charge in [0.15, 0.2) is 11.4 Å². The number of halogens is 1. The van der Waals surface area contributed by atoms with Crippen molar-refractivity contribution in [2.24, 2.45) is 0 Å². The molecule has 1 saturated carbocycles. The number of benzene rings is 1. The summed E-state index contributed by atoms with van der Waals surface area (Å²) in [5.74, 6) is 0.719. The fourth-order valence-electron chi connectivity index (χ4n) is 1.63. The molecule has 0 amide bonds. The summed E-state index contributed by atoms with van der Waals surface area (Å²) in [5, 5.41) is 0.670. The average molecular weight is 265 g/mol. The van der Waals surface area contributed by atoms with E-state index in [2.05, 4.69) is 0 Å². The third-order valence-electron chi connectivity index (χ3n) is 2.97. The lowest BCUT2D eigenvalue weighted by molar-refractivity contribution is -0.126. The van der Waals surface area contributed by atoms with Crippen molar-refractivity contribution in [3.63, 3.8) is 0 Å². The maximum Gasteiger partial charge on any atom is 0.198 e. The number of ether oxygens (including phenoxy) is 1. The summed E-state index contributed by atoms with van der Waals surface area (Å²) in [6.07, 6.45) is 3.80. The Morgan fingerprint density at radius 2 is 2.06 bits per heavy atom. The molecule has 0 unspecified atom stereocenters. The Kier molecular flexibility index (Phi) is 3.49. The maximum absolute atomic E-state index is 12.1. The Morgan fingerprint density at radius 1 is 1.39 bits per heavy atom. The van der Waals surface area contributed by atoms with Crippen molar-refractivity contribution in [3.05, 3.63) is 40.4 Å². The van der Waals surface area contributed by atoms with Gasteiger partial charge in [-0.05, 0) is 63.5 Å². The van der Waals surface area contributed by atoms with E-state index in [1.54, 1.807) is 32.1 Å². The van der Waals surface area contributed by atoms with Crippen LogP contribution in [0.4, 0.5) is 0 Å². The average Bonchev–Trinajstić information content (AvgIpc) is 3.06. The number of aryl methyl sites for hydroxylation is 1. The van der Waals surface area contributed by atoms with E-state index in [-0.39, 0.29) is 5.78 Å². The standard InChI is InChI=1S/C15H17ClO2/c1-10-8-12(16)6-7-13(10)18-15(2,3)14(17)9-11-4-5-11/h6-9H,4-5H2,1-3H3. The molecule has 0 radical (unpaired) electrons. The molecular weight excluding hydrogens is 248 g/mol. The summed E-state index contributed by atoms with van der Waals surface area (Å²) < 4.78 is 5.83. The lowest BCUT2D eigenvalue weighted by atomic mass is 10.0. The van der Waals surface area contributed by atoms with Gasteiger partial charge in [-0.1, -0.05) is 17.2 Å². The normalized spacial score (nSPS) is 14.3. The van der Waals surface area contributed by atoms with Crippen LogP contribution in [0.25, 0.3) is 0 Å². The fourth-order valence-corrected chi connectivity index (χ4v) is 1.85. The zero-order chi connectivity index (χ0) is 13.3. The highest BCUT2D eigenvalue weighted by Gasteiger charge is 2.30. The van der Waals surface area contributed by atoms with Crippen LogP contribution in [0.3, 0.4) is 0 Å². The predicted octanol–water partition coefficient (Wildman–Crippen LogP) is 4.10.